The molecule has 0 fully saturated rings. The number of rotatable bonds is 9. The molecule has 0 spiro atoms. The summed E-state index contributed by atoms with van der Waals surface area (Å²) < 4.78 is 11.2. The van der Waals surface area contributed by atoms with Gasteiger partial charge in [0.2, 0.25) is 0 Å². The lowest BCUT2D eigenvalue weighted by molar-refractivity contribution is 0.0992. The number of Topliss-reactive ketones (excluding diaryl/α,β-unsaturated/α-hetero) is 1. The number of unbranched alkanes of at least 4 members (excludes halogenated alkanes) is 2. The first-order chi connectivity index (χ1) is 12.0. The lowest BCUT2D eigenvalue weighted by Crippen LogP contribution is -2.07. The first kappa shape index (κ1) is 19.0. The van der Waals surface area contributed by atoms with Gasteiger partial charge in [-0.3, -0.25) is 9.78 Å². The fourth-order valence-electron chi connectivity index (χ4n) is 2.67. The molecule has 134 valence electrons. The number of pyridine rings is 1. The molecule has 0 saturated carbocycles. The molecular formula is C21H27NO3. The summed E-state index contributed by atoms with van der Waals surface area (Å²) in [5.74, 6) is 1.33. The van der Waals surface area contributed by atoms with Crippen molar-refractivity contribution < 1.29 is 14.3 Å². The van der Waals surface area contributed by atoms with Gasteiger partial charge in [-0.05, 0) is 50.1 Å². The average molecular weight is 341 g/mol. The van der Waals surface area contributed by atoms with Gasteiger partial charge in [-0.25, -0.2) is 0 Å². The van der Waals surface area contributed by atoms with Crippen LogP contribution in [0.1, 0.15) is 53.5 Å². The van der Waals surface area contributed by atoms with E-state index in [1.807, 2.05) is 26.0 Å². The number of ether oxygens (including phenoxy) is 2. The Hall–Kier alpha value is -2.36. The van der Waals surface area contributed by atoms with E-state index in [-0.39, 0.29) is 5.78 Å². The quantitative estimate of drug-likeness (QED) is 0.490. The molecule has 25 heavy (non-hydrogen) atoms. The van der Waals surface area contributed by atoms with Gasteiger partial charge in [-0.1, -0.05) is 25.8 Å². The van der Waals surface area contributed by atoms with Crippen molar-refractivity contribution in [2.24, 2.45) is 0 Å². The third-order valence-corrected chi connectivity index (χ3v) is 4.18. The van der Waals surface area contributed by atoms with Gasteiger partial charge in [0, 0.05) is 23.4 Å². The molecule has 0 bridgehead atoms. The minimum Gasteiger partial charge on any atom is -0.493 e. The predicted molar refractivity (Wildman–Crippen MR) is 99.8 cm³/mol. The van der Waals surface area contributed by atoms with Crippen LogP contribution in [0.3, 0.4) is 0 Å². The van der Waals surface area contributed by atoms with Crippen LogP contribution in [0, 0.1) is 13.8 Å². The summed E-state index contributed by atoms with van der Waals surface area (Å²) >= 11 is 0. The number of aryl methyl sites for hydroxylation is 2. The van der Waals surface area contributed by atoms with Crippen molar-refractivity contribution in [3.8, 4) is 11.5 Å². The Labute approximate surface area is 150 Å². The van der Waals surface area contributed by atoms with Crippen LogP contribution in [0.15, 0.2) is 30.3 Å². The zero-order valence-electron chi connectivity index (χ0n) is 15.6. The Balaban J connectivity index is 2.13. The Morgan fingerprint density at radius 1 is 1.08 bits per heavy atom. The number of carbonyl (C=O) groups is 1. The van der Waals surface area contributed by atoms with Crippen LogP contribution in [0.25, 0.3) is 0 Å². The van der Waals surface area contributed by atoms with Crippen molar-refractivity contribution in [1.82, 2.24) is 4.98 Å². The maximum atomic E-state index is 12.7. The standard InChI is InChI=1S/C21H27NO3/c1-5-6-7-12-25-21-14-18(10-11-20(21)24-4)19(23)13-17-9-8-15(2)22-16(17)3/h8-11,14H,5-7,12-13H2,1-4H3. The highest BCUT2D eigenvalue weighted by Gasteiger charge is 2.13. The van der Waals surface area contributed by atoms with Gasteiger partial charge in [0.05, 0.1) is 13.7 Å². The summed E-state index contributed by atoms with van der Waals surface area (Å²) in [7, 11) is 1.61. The topological polar surface area (TPSA) is 48.4 Å². The number of benzene rings is 1. The molecule has 1 aromatic carbocycles. The smallest absolute Gasteiger partial charge is 0.167 e. The molecule has 0 saturated heterocycles. The van der Waals surface area contributed by atoms with Crippen molar-refractivity contribution >= 4 is 5.78 Å². The van der Waals surface area contributed by atoms with Crippen LogP contribution in [0.5, 0.6) is 11.5 Å². The summed E-state index contributed by atoms with van der Waals surface area (Å²) in [6, 6.07) is 9.27. The molecule has 1 heterocycles. The van der Waals surface area contributed by atoms with Gasteiger partial charge < -0.3 is 9.47 Å². The Morgan fingerprint density at radius 3 is 2.56 bits per heavy atom. The van der Waals surface area contributed by atoms with Crippen molar-refractivity contribution in [3.63, 3.8) is 0 Å². The highest BCUT2D eigenvalue weighted by molar-refractivity contribution is 5.98. The van der Waals surface area contributed by atoms with Gasteiger partial charge in [0.1, 0.15) is 0 Å². The minimum absolute atomic E-state index is 0.0508. The minimum atomic E-state index is 0.0508. The molecule has 4 heteroatoms. The van der Waals surface area contributed by atoms with Gasteiger partial charge >= 0.3 is 0 Å². The lowest BCUT2D eigenvalue weighted by Gasteiger charge is -2.12. The number of aromatic nitrogens is 1. The molecule has 4 nitrogen and oxygen atoms in total. The zero-order chi connectivity index (χ0) is 18.2. The molecule has 0 aliphatic heterocycles. The first-order valence-electron chi connectivity index (χ1n) is 8.82. The molecule has 0 aliphatic carbocycles. The van der Waals surface area contributed by atoms with Crippen molar-refractivity contribution in [2.45, 2.75) is 46.5 Å². The molecule has 0 aliphatic rings. The summed E-state index contributed by atoms with van der Waals surface area (Å²) in [5.41, 5.74) is 3.45. The largest absolute Gasteiger partial charge is 0.493 e. The van der Waals surface area contributed by atoms with E-state index in [0.717, 1.165) is 36.2 Å². The summed E-state index contributed by atoms with van der Waals surface area (Å²) in [6.45, 7) is 6.67. The fraction of sp³-hybridized carbons (Fsp3) is 0.429. The van der Waals surface area contributed by atoms with Crippen LogP contribution < -0.4 is 9.47 Å². The summed E-state index contributed by atoms with van der Waals surface area (Å²) in [4.78, 5) is 17.1. The molecule has 0 radical (unpaired) electrons. The van der Waals surface area contributed by atoms with E-state index in [2.05, 4.69) is 11.9 Å². The fourth-order valence-corrected chi connectivity index (χ4v) is 2.67. The molecule has 2 rings (SSSR count). The van der Waals surface area contributed by atoms with E-state index in [1.165, 1.54) is 0 Å². The number of methoxy groups -OCH3 is 1. The maximum Gasteiger partial charge on any atom is 0.167 e. The second-order valence-electron chi connectivity index (χ2n) is 6.22. The van der Waals surface area contributed by atoms with E-state index >= 15 is 0 Å². The van der Waals surface area contributed by atoms with Crippen molar-refractivity contribution in [2.75, 3.05) is 13.7 Å². The summed E-state index contributed by atoms with van der Waals surface area (Å²) in [5, 5.41) is 0. The van der Waals surface area contributed by atoms with Crippen LogP contribution in [0.2, 0.25) is 0 Å². The molecule has 0 N–H and O–H groups in total. The number of hydrogen-bond donors (Lipinski definition) is 0. The van der Waals surface area contributed by atoms with Gasteiger partial charge in [0.25, 0.3) is 0 Å². The van der Waals surface area contributed by atoms with Crippen LogP contribution in [-0.4, -0.2) is 24.5 Å². The van der Waals surface area contributed by atoms with E-state index in [9.17, 15) is 4.79 Å². The number of ketones is 1. The number of hydrogen-bond acceptors (Lipinski definition) is 4. The van der Waals surface area contributed by atoms with Crippen LogP contribution in [-0.2, 0) is 6.42 Å². The Kier molecular flexibility index (Phi) is 6.99. The third-order valence-electron chi connectivity index (χ3n) is 4.18. The van der Waals surface area contributed by atoms with Gasteiger partial charge in [-0.2, -0.15) is 0 Å². The normalized spacial score (nSPS) is 10.6. The molecule has 0 amide bonds. The van der Waals surface area contributed by atoms with Gasteiger partial charge in [-0.15, -0.1) is 0 Å². The molecule has 2 aromatic rings. The predicted octanol–water partition coefficient (Wildman–Crippen LogP) is 4.70. The average Bonchev–Trinajstić information content (AvgIpc) is 2.61. The van der Waals surface area contributed by atoms with Crippen LogP contribution in [0.4, 0.5) is 0 Å². The Bertz CT molecular complexity index is 725. The van der Waals surface area contributed by atoms with E-state index in [1.54, 1.807) is 25.3 Å². The maximum absolute atomic E-state index is 12.7. The highest BCUT2D eigenvalue weighted by Crippen LogP contribution is 2.29. The molecular weight excluding hydrogens is 314 g/mol. The lowest BCUT2D eigenvalue weighted by atomic mass is 10.0. The first-order valence-corrected chi connectivity index (χ1v) is 8.82. The number of carbonyl (C=O) groups excluding carboxylic acids is 1. The monoisotopic (exact) mass is 341 g/mol. The molecule has 0 unspecified atom stereocenters. The third kappa shape index (κ3) is 5.31. The number of nitrogens with zero attached hydrogens (tertiary/aromatic N) is 1. The van der Waals surface area contributed by atoms with Crippen molar-refractivity contribution in [3.05, 3.63) is 52.8 Å². The van der Waals surface area contributed by atoms with Crippen LogP contribution >= 0.6 is 0 Å². The van der Waals surface area contributed by atoms with E-state index < -0.39 is 0 Å². The highest BCUT2D eigenvalue weighted by atomic mass is 16.5. The van der Waals surface area contributed by atoms with E-state index in [0.29, 0.717) is 30.1 Å². The Morgan fingerprint density at radius 2 is 1.88 bits per heavy atom. The summed E-state index contributed by atoms with van der Waals surface area (Å²) in [6.07, 6.45) is 3.59. The SMILES string of the molecule is CCCCCOc1cc(C(=O)Cc2ccc(C)nc2C)ccc1OC. The molecule has 0 atom stereocenters. The zero-order valence-corrected chi connectivity index (χ0v) is 15.6. The second kappa shape index (κ2) is 9.21. The second-order valence-corrected chi connectivity index (χ2v) is 6.22. The van der Waals surface area contributed by atoms with Gasteiger partial charge in [0.15, 0.2) is 17.3 Å². The van der Waals surface area contributed by atoms with Crippen molar-refractivity contribution in [1.29, 1.82) is 0 Å². The van der Waals surface area contributed by atoms with E-state index in [4.69, 9.17) is 9.47 Å². The molecule has 1 aromatic heterocycles.